The van der Waals surface area contributed by atoms with Gasteiger partial charge in [-0.2, -0.15) is 10.1 Å². The fourth-order valence-electron chi connectivity index (χ4n) is 6.40. The van der Waals surface area contributed by atoms with Gasteiger partial charge in [-0.15, -0.1) is 0 Å². The van der Waals surface area contributed by atoms with Crippen LogP contribution in [0.2, 0.25) is 0 Å². The van der Waals surface area contributed by atoms with E-state index >= 15 is 4.39 Å². The molecule has 0 spiro atoms. The second-order valence-electron chi connectivity index (χ2n) is 15.8. The molecule has 48 heavy (non-hydrogen) atoms. The molecule has 4 heterocycles. The van der Waals surface area contributed by atoms with Gasteiger partial charge in [0, 0.05) is 43.0 Å². The van der Waals surface area contributed by atoms with Gasteiger partial charge in [-0.1, -0.05) is 6.07 Å². The van der Waals surface area contributed by atoms with Crippen molar-refractivity contribution in [2.45, 2.75) is 116 Å². The standard InChI is InChI=1S/C35H49FN8O4/c1-33(2,3)47-31(45)40-35(7)14-18-43(19-15-35)30-37-25-11-10-23(21-12-16-44(17-13-21)32(46)48-34(4,5)6)20-24(25)28(39-30)38-29-26(36)27(41-42-29)22-8-9-22/h10-11,20-22H,8-9,12-19H2,1-7H3,(H,40,45)(H2,37,38,39,41,42). The number of hydrogen-bond acceptors (Lipinski definition) is 9. The zero-order valence-electron chi connectivity index (χ0n) is 29.2. The van der Waals surface area contributed by atoms with E-state index in [1.807, 2.05) is 54.5 Å². The Balaban J connectivity index is 1.23. The molecule has 13 heteroatoms. The van der Waals surface area contributed by atoms with Gasteiger partial charge in [0.05, 0.1) is 11.2 Å². The topological polar surface area (TPSA) is 138 Å². The van der Waals surface area contributed by atoms with E-state index in [9.17, 15) is 9.59 Å². The number of anilines is 3. The van der Waals surface area contributed by atoms with Crippen molar-refractivity contribution < 1.29 is 23.5 Å². The van der Waals surface area contributed by atoms with E-state index < -0.39 is 22.8 Å². The maximum Gasteiger partial charge on any atom is 0.410 e. The minimum Gasteiger partial charge on any atom is -0.444 e. The quantitative estimate of drug-likeness (QED) is 0.252. The number of carbonyl (C=O) groups excluding carboxylic acids is 2. The fraction of sp³-hybridized carbons (Fsp3) is 0.629. The lowest BCUT2D eigenvalue weighted by molar-refractivity contribution is 0.0204. The number of carbonyl (C=O) groups is 2. The van der Waals surface area contributed by atoms with Gasteiger partial charge in [-0.25, -0.2) is 19.0 Å². The molecule has 2 aromatic heterocycles. The maximum absolute atomic E-state index is 15.4. The second-order valence-corrected chi connectivity index (χ2v) is 15.8. The van der Waals surface area contributed by atoms with Crippen molar-refractivity contribution >= 4 is 40.7 Å². The molecule has 1 aromatic carbocycles. The summed E-state index contributed by atoms with van der Waals surface area (Å²) in [6.45, 7) is 15.6. The SMILES string of the molecule is CC1(NC(=O)OC(C)(C)C)CCN(c2nc(Nc3n[nH]c(C4CC4)c3F)c3cc(C4CCN(C(=O)OC(C)(C)C)CC4)ccc3n2)CC1. The van der Waals surface area contributed by atoms with Gasteiger partial charge < -0.3 is 29.9 Å². The first-order valence-electron chi connectivity index (χ1n) is 17.1. The lowest BCUT2D eigenvalue weighted by Crippen LogP contribution is -2.54. The number of aromatic amines is 1. The Bertz CT molecular complexity index is 1660. The van der Waals surface area contributed by atoms with Gasteiger partial charge in [0.25, 0.3) is 0 Å². The minimum absolute atomic E-state index is 0.117. The van der Waals surface area contributed by atoms with Gasteiger partial charge in [-0.05, 0) is 111 Å². The zero-order valence-corrected chi connectivity index (χ0v) is 29.2. The van der Waals surface area contributed by atoms with Crippen molar-refractivity contribution in [2.75, 3.05) is 36.4 Å². The van der Waals surface area contributed by atoms with Gasteiger partial charge >= 0.3 is 12.2 Å². The molecule has 0 atom stereocenters. The number of aromatic nitrogens is 4. The summed E-state index contributed by atoms with van der Waals surface area (Å²) in [5.41, 5.74) is 0.842. The number of rotatable bonds is 6. The highest BCUT2D eigenvalue weighted by Gasteiger charge is 2.35. The molecule has 0 unspecified atom stereocenters. The van der Waals surface area contributed by atoms with Crippen molar-refractivity contribution in [3.8, 4) is 0 Å². The van der Waals surface area contributed by atoms with E-state index in [0.717, 1.165) is 42.1 Å². The molecule has 0 radical (unpaired) electrons. The molecule has 12 nitrogen and oxygen atoms in total. The number of nitrogens with zero attached hydrogens (tertiary/aromatic N) is 5. The van der Waals surface area contributed by atoms with Crippen LogP contribution in [0.5, 0.6) is 0 Å². The number of piperidine rings is 2. The zero-order chi connectivity index (χ0) is 34.4. The van der Waals surface area contributed by atoms with Crippen LogP contribution in [0.4, 0.5) is 31.6 Å². The van der Waals surface area contributed by atoms with Crippen LogP contribution in [0, 0.1) is 5.82 Å². The molecule has 3 N–H and O–H groups in total. The first-order chi connectivity index (χ1) is 22.6. The molecular weight excluding hydrogens is 615 g/mol. The molecule has 3 fully saturated rings. The Kier molecular flexibility index (Phi) is 8.93. The highest BCUT2D eigenvalue weighted by atomic mass is 19.1. The average molecular weight is 665 g/mol. The number of nitrogens with one attached hydrogen (secondary N) is 3. The van der Waals surface area contributed by atoms with Crippen LogP contribution in [0.25, 0.3) is 10.9 Å². The first-order valence-corrected chi connectivity index (χ1v) is 17.1. The number of ether oxygens (including phenoxy) is 2. The highest BCUT2D eigenvalue weighted by Crippen LogP contribution is 2.42. The van der Waals surface area contributed by atoms with E-state index in [-0.39, 0.29) is 29.6 Å². The Morgan fingerprint density at radius 3 is 2.21 bits per heavy atom. The Morgan fingerprint density at radius 2 is 1.58 bits per heavy atom. The Hall–Kier alpha value is -4.16. The molecule has 2 saturated heterocycles. The molecule has 1 aliphatic carbocycles. The number of hydrogen-bond donors (Lipinski definition) is 3. The van der Waals surface area contributed by atoms with Gasteiger partial charge in [0.1, 0.15) is 17.0 Å². The predicted molar refractivity (Wildman–Crippen MR) is 182 cm³/mol. The fourth-order valence-corrected chi connectivity index (χ4v) is 6.40. The number of alkyl carbamates (subject to hydrolysis) is 1. The lowest BCUT2D eigenvalue weighted by Gasteiger charge is -2.40. The van der Waals surface area contributed by atoms with Crippen molar-refractivity contribution in [2.24, 2.45) is 0 Å². The molecule has 0 bridgehead atoms. The van der Waals surface area contributed by atoms with E-state index in [1.165, 1.54) is 0 Å². The van der Waals surface area contributed by atoms with Crippen molar-refractivity contribution in [3.63, 3.8) is 0 Å². The first kappa shape index (κ1) is 33.7. The van der Waals surface area contributed by atoms with E-state index in [4.69, 9.17) is 19.4 Å². The number of fused-ring (bicyclic) bond motifs is 1. The molecule has 3 aliphatic rings. The van der Waals surface area contributed by atoms with Crippen molar-refractivity contribution in [3.05, 3.63) is 35.3 Å². The molecule has 1 saturated carbocycles. The van der Waals surface area contributed by atoms with Crippen LogP contribution >= 0.6 is 0 Å². The summed E-state index contributed by atoms with van der Waals surface area (Å²) < 4.78 is 26.5. The van der Waals surface area contributed by atoms with Crippen LogP contribution in [-0.2, 0) is 9.47 Å². The van der Waals surface area contributed by atoms with E-state index in [0.29, 0.717) is 56.5 Å². The van der Waals surface area contributed by atoms with Gasteiger partial charge in [0.2, 0.25) is 5.95 Å². The largest absolute Gasteiger partial charge is 0.444 e. The molecule has 2 amide bonds. The molecule has 6 rings (SSSR count). The summed E-state index contributed by atoms with van der Waals surface area (Å²) in [6, 6.07) is 6.17. The maximum atomic E-state index is 15.4. The second kappa shape index (κ2) is 12.7. The van der Waals surface area contributed by atoms with Crippen LogP contribution in [0.1, 0.15) is 110 Å². The number of likely N-dealkylation sites (tertiary alicyclic amines) is 1. The van der Waals surface area contributed by atoms with Crippen LogP contribution < -0.4 is 15.5 Å². The van der Waals surface area contributed by atoms with Crippen molar-refractivity contribution in [1.82, 2.24) is 30.4 Å². The lowest BCUT2D eigenvalue weighted by atomic mass is 9.89. The normalized spacial score (nSPS) is 18.9. The monoisotopic (exact) mass is 664 g/mol. The van der Waals surface area contributed by atoms with Gasteiger partial charge in [-0.3, -0.25) is 5.10 Å². The molecular formula is C35H49FN8O4. The number of amides is 2. The summed E-state index contributed by atoms with van der Waals surface area (Å²) >= 11 is 0. The van der Waals surface area contributed by atoms with Crippen LogP contribution in [0.3, 0.4) is 0 Å². The van der Waals surface area contributed by atoms with E-state index in [2.05, 4.69) is 37.9 Å². The number of H-pyrrole nitrogens is 1. The predicted octanol–water partition coefficient (Wildman–Crippen LogP) is 7.11. The number of halogens is 1. The molecule has 3 aromatic rings. The third kappa shape index (κ3) is 7.92. The molecule has 2 aliphatic heterocycles. The summed E-state index contributed by atoms with van der Waals surface area (Å²) in [6.07, 6.45) is 4.15. The molecule has 260 valence electrons. The third-order valence-electron chi connectivity index (χ3n) is 9.23. The highest BCUT2D eigenvalue weighted by molar-refractivity contribution is 5.92. The minimum atomic E-state index is -0.575. The van der Waals surface area contributed by atoms with Crippen LogP contribution in [-0.4, -0.2) is 80.2 Å². The summed E-state index contributed by atoms with van der Waals surface area (Å²) in [4.78, 5) is 38.9. The Morgan fingerprint density at radius 1 is 0.917 bits per heavy atom. The Labute approximate surface area is 281 Å². The smallest absolute Gasteiger partial charge is 0.410 e. The third-order valence-corrected chi connectivity index (χ3v) is 9.23. The van der Waals surface area contributed by atoms with Gasteiger partial charge in [0.15, 0.2) is 11.6 Å². The van der Waals surface area contributed by atoms with Crippen LogP contribution in [0.15, 0.2) is 18.2 Å². The summed E-state index contributed by atoms with van der Waals surface area (Å²) in [5, 5.41) is 14.2. The average Bonchev–Trinajstić information content (AvgIpc) is 3.78. The van der Waals surface area contributed by atoms with Crippen molar-refractivity contribution in [1.29, 1.82) is 0 Å². The summed E-state index contributed by atoms with van der Waals surface area (Å²) in [5.74, 6) is 1.17. The number of benzene rings is 1. The summed E-state index contributed by atoms with van der Waals surface area (Å²) in [7, 11) is 0. The van der Waals surface area contributed by atoms with E-state index in [1.54, 1.807) is 4.90 Å².